The van der Waals surface area contributed by atoms with E-state index in [9.17, 15) is 4.79 Å². The van der Waals surface area contributed by atoms with Crippen LogP contribution in [0, 0.1) is 3.57 Å². The molecule has 2 aromatic rings. The summed E-state index contributed by atoms with van der Waals surface area (Å²) in [6.45, 7) is -0.364. The molecule has 0 aliphatic carbocycles. The van der Waals surface area contributed by atoms with Gasteiger partial charge in [-0.05, 0) is 77.3 Å². The fourth-order valence-electron chi connectivity index (χ4n) is 1.97. The number of halogens is 6. The molecule has 0 saturated carbocycles. The van der Waals surface area contributed by atoms with Crippen LogP contribution < -0.4 is 20.7 Å². The van der Waals surface area contributed by atoms with Crippen LogP contribution in [0.2, 0.25) is 10.0 Å². The average Bonchev–Trinajstić information content (AvgIpc) is 2.61. The molecule has 0 spiro atoms. The molecule has 2 rings (SSSR count). The molecule has 12 heteroatoms. The van der Waals surface area contributed by atoms with E-state index in [-0.39, 0.29) is 16.7 Å². The van der Waals surface area contributed by atoms with Crippen LogP contribution in [0.25, 0.3) is 0 Å². The molecule has 0 aliphatic rings. The van der Waals surface area contributed by atoms with Crippen molar-refractivity contribution >= 4 is 110 Å². The number of rotatable bonds is 6. The molecule has 0 bridgehead atoms. The Hall–Kier alpha value is -0.420. The zero-order chi connectivity index (χ0) is 21.6. The lowest BCUT2D eigenvalue weighted by Crippen LogP contribution is -2.56. The fourth-order valence-corrected chi connectivity index (χ4v) is 3.36. The fraction of sp³-hybridized carbons (Fsp3) is 0.176. The number of amides is 1. The highest BCUT2D eigenvalue weighted by Crippen LogP contribution is 2.30. The van der Waals surface area contributed by atoms with Gasteiger partial charge in [0.15, 0.2) is 11.7 Å². The van der Waals surface area contributed by atoms with Gasteiger partial charge in [-0.1, -0.05) is 58.0 Å². The number of carbonyl (C=O) groups excluding carboxylic acids is 1. The van der Waals surface area contributed by atoms with Gasteiger partial charge in [0.25, 0.3) is 5.91 Å². The van der Waals surface area contributed by atoms with Gasteiger partial charge in [-0.3, -0.25) is 4.79 Å². The van der Waals surface area contributed by atoms with Crippen LogP contribution in [0.15, 0.2) is 42.5 Å². The monoisotopic (exact) mass is 625 g/mol. The molecule has 0 unspecified atom stereocenters. The Morgan fingerprint density at radius 3 is 2.34 bits per heavy atom. The second-order valence-electron chi connectivity index (χ2n) is 5.51. The Morgan fingerprint density at radius 1 is 1.10 bits per heavy atom. The molecular weight excluding hydrogens is 614 g/mol. The van der Waals surface area contributed by atoms with Crippen LogP contribution in [0.1, 0.15) is 0 Å². The summed E-state index contributed by atoms with van der Waals surface area (Å²) in [4.78, 5) is 12.2. The van der Waals surface area contributed by atoms with Gasteiger partial charge < -0.3 is 20.7 Å². The van der Waals surface area contributed by atoms with Gasteiger partial charge in [0.05, 0.1) is 5.02 Å². The smallest absolute Gasteiger partial charge is 0.259 e. The largest absolute Gasteiger partial charge is 0.482 e. The topological polar surface area (TPSA) is 62.4 Å². The lowest BCUT2D eigenvalue weighted by Gasteiger charge is -2.27. The highest BCUT2D eigenvalue weighted by Gasteiger charge is 2.34. The van der Waals surface area contributed by atoms with Gasteiger partial charge in [-0.15, -0.1) is 0 Å². The second kappa shape index (κ2) is 11.3. The van der Waals surface area contributed by atoms with Crippen molar-refractivity contribution in [2.45, 2.75) is 9.96 Å². The summed E-state index contributed by atoms with van der Waals surface area (Å²) in [6, 6.07) is 12.1. The van der Waals surface area contributed by atoms with Crippen LogP contribution in [0.3, 0.4) is 0 Å². The highest BCUT2D eigenvalue weighted by atomic mass is 127. The minimum Gasteiger partial charge on any atom is -0.482 e. The van der Waals surface area contributed by atoms with Crippen molar-refractivity contribution in [1.82, 2.24) is 10.6 Å². The maximum atomic E-state index is 12.2. The summed E-state index contributed by atoms with van der Waals surface area (Å²) < 4.78 is 4.56. The zero-order valence-corrected chi connectivity index (χ0v) is 21.1. The predicted octanol–water partition coefficient (Wildman–Crippen LogP) is 5.78. The summed E-state index contributed by atoms with van der Waals surface area (Å²) in [7, 11) is 0. The van der Waals surface area contributed by atoms with Crippen molar-refractivity contribution in [2.24, 2.45) is 0 Å². The molecule has 0 aromatic heterocycles. The van der Waals surface area contributed by atoms with E-state index in [1.165, 1.54) is 6.07 Å². The van der Waals surface area contributed by atoms with Gasteiger partial charge in [-0.25, -0.2) is 0 Å². The van der Waals surface area contributed by atoms with Crippen molar-refractivity contribution < 1.29 is 9.53 Å². The molecule has 2 aromatic carbocycles. The van der Waals surface area contributed by atoms with Gasteiger partial charge >= 0.3 is 0 Å². The first-order valence-electron chi connectivity index (χ1n) is 7.81. The average molecular weight is 628 g/mol. The molecule has 1 atom stereocenters. The predicted molar refractivity (Wildman–Crippen MR) is 133 cm³/mol. The molecule has 5 nitrogen and oxygen atoms in total. The number of nitrogens with one attached hydrogen (secondary N) is 3. The first-order valence-corrected chi connectivity index (χ1v) is 11.2. The molecule has 0 fully saturated rings. The van der Waals surface area contributed by atoms with E-state index < -0.39 is 15.9 Å². The van der Waals surface area contributed by atoms with E-state index in [1.54, 1.807) is 12.1 Å². The number of anilines is 1. The highest BCUT2D eigenvalue weighted by molar-refractivity contribution is 14.1. The summed E-state index contributed by atoms with van der Waals surface area (Å²) in [5.41, 5.74) is 0.734. The van der Waals surface area contributed by atoms with Crippen molar-refractivity contribution in [3.8, 4) is 5.75 Å². The van der Waals surface area contributed by atoms with Crippen LogP contribution >= 0.6 is 92.8 Å². The van der Waals surface area contributed by atoms with E-state index in [0.717, 1.165) is 9.26 Å². The van der Waals surface area contributed by atoms with Gasteiger partial charge in [0.1, 0.15) is 11.9 Å². The van der Waals surface area contributed by atoms with Gasteiger partial charge in [0, 0.05) is 14.3 Å². The molecule has 0 radical (unpaired) electrons. The Balaban J connectivity index is 1.94. The SMILES string of the molecule is O=C(COc1ccc(Cl)cc1Cl)N[C@@H](NC(=S)Nc1ccc(I)cc1)C(Cl)(Cl)Cl. The van der Waals surface area contributed by atoms with Crippen LogP contribution in [0.5, 0.6) is 5.75 Å². The van der Waals surface area contributed by atoms with Crippen molar-refractivity contribution in [3.63, 3.8) is 0 Å². The van der Waals surface area contributed by atoms with E-state index in [1.807, 2.05) is 24.3 Å². The Bertz CT molecular complexity index is 880. The van der Waals surface area contributed by atoms with Gasteiger partial charge in [0.2, 0.25) is 3.79 Å². The number of hydrogen-bond acceptors (Lipinski definition) is 3. The van der Waals surface area contributed by atoms with E-state index in [0.29, 0.717) is 10.8 Å². The maximum absolute atomic E-state index is 12.2. The number of ether oxygens (including phenoxy) is 1. The van der Waals surface area contributed by atoms with Crippen LogP contribution in [-0.4, -0.2) is 27.6 Å². The van der Waals surface area contributed by atoms with E-state index in [4.69, 9.17) is 75.0 Å². The number of carbonyl (C=O) groups is 1. The molecule has 29 heavy (non-hydrogen) atoms. The maximum Gasteiger partial charge on any atom is 0.259 e. The van der Waals surface area contributed by atoms with Crippen molar-refractivity contribution in [2.75, 3.05) is 11.9 Å². The standard InChI is InChI=1S/C17H13Cl5IN3O2S/c18-9-1-6-13(12(19)7-9)28-8-14(27)25-15(17(20,21)22)26-16(29)24-11-4-2-10(23)3-5-11/h1-7,15H,8H2,(H,25,27)(H2,24,26,29)/t15-/m0/s1. The van der Waals surface area contributed by atoms with E-state index >= 15 is 0 Å². The number of hydrogen-bond donors (Lipinski definition) is 3. The first-order chi connectivity index (χ1) is 13.5. The minimum absolute atomic E-state index is 0.157. The third-order valence-electron chi connectivity index (χ3n) is 3.26. The first kappa shape index (κ1) is 24.8. The molecule has 0 aliphatic heterocycles. The molecule has 156 valence electrons. The van der Waals surface area contributed by atoms with Crippen molar-refractivity contribution in [3.05, 3.63) is 56.1 Å². The number of benzene rings is 2. The number of alkyl halides is 3. The third kappa shape index (κ3) is 8.69. The molecule has 0 heterocycles. The second-order valence-corrected chi connectivity index (χ2v) is 10.4. The third-order valence-corrected chi connectivity index (χ3v) is 5.39. The minimum atomic E-state index is -1.88. The van der Waals surface area contributed by atoms with Crippen molar-refractivity contribution in [1.29, 1.82) is 0 Å². The summed E-state index contributed by atoms with van der Waals surface area (Å²) in [5.74, 6) is -0.266. The Labute approximate surface area is 211 Å². The molecule has 3 N–H and O–H groups in total. The summed E-state index contributed by atoms with van der Waals surface area (Å²) in [5, 5.41) is 9.09. The summed E-state index contributed by atoms with van der Waals surface area (Å²) >= 11 is 37.1. The normalized spacial score (nSPS) is 12.1. The lowest BCUT2D eigenvalue weighted by molar-refractivity contribution is -0.123. The van der Waals surface area contributed by atoms with Crippen LogP contribution in [-0.2, 0) is 4.79 Å². The number of thiocarbonyl (C=S) groups is 1. The quantitative estimate of drug-likeness (QED) is 0.164. The molecular formula is C17H13Cl5IN3O2S. The zero-order valence-electron chi connectivity index (χ0n) is 14.3. The van der Waals surface area contributed by atoms with Gasteiger partial charge in [-0.2, -0.15) is 0 Å². The van der Waals surface area contributed by atoms with E-state index in [2.05, 4.69) is 38.5 Å². The lowest BCUT2D eigenvalue weighted by atomic mass is 10.3. The van der Waals surface area contributed by atoms with Crippen LogP contribution in [0.4, 0.5) is 5.69 Å². The summed E-state index contributed by atoms with van der Waals surface area (Å²) in [6.07, 6.45) is -1.12. The Kier molecular flexibility index (Phi) is 9.66. The molecule has 0 saturated heterocycles. The Morgan fingerprint density at radius 2 is 1.76 bits per heavy atom. The molecule has 1 amide bonds.